The van der Waals surface area contributed by atoms with Crippen molar-refractivity contribution < 1.29 is 7.73 Å². The van der Waals surface area contributed by atoms with E-state index in [1.54, 1.807) is 5.23 Å². The fourth-order valence-corrected chi connectivity index (χ4v) is 17.5. The molecule has 0 amide bonds. The molecule has 3 nitrogen and oxygen atoms in total. The Morgan fingerprint density at radius 3 is 0.690 bits per heavy atom. The molecular weight excluding hydrogens is 636 g/mol. The number of benzene rings is 4. The van der Waals surface area contributed by atoms with Crippen LogP contribution < -0.4 is 17.6 Å². The summed E-state index contributed by atoms with van der Waals surface area (Å²) in [5, 5.41) is 1.76. The first-order chi connectivity index (χ1) is 19.7. The van der Waals surface area contributed by atoms with E-state index < -0.39 is 29.4 Å². The van der Waals surface area contributed by atoms with Crippen molar-refractivity contribution >= 4 is 47.0 Å². The van der Waals surface area contributed by atoms with Gasteiger partial charge in [0.05, 0.1) is 0 Å². The van der Waals surface area contributed by atoms with Gasteiger partial charge in [0.25, 0.3) is 0 Å². The van der Waals surface area contributed by atoms with Crippen molar-refractivity contribution in [2.45, 2.75) is 83.1 Å². The van der Waals surface area contributed by atoms with Gasteiger partial charge in [-0.2, -0.15) is 0 Å². The molecule has 0 atom stereocenters. The fraction of sp³-hybridized carbons (Fsp3) is 0.351. The van der Waals surface area contributed by atoms with Gasteiger partial charge in [0.1, 0.15) is 0 Å². The maximum atomic E-state index is 7.13. The van der Waals surface area contributed by atoms with E-state index in [1.165, 1.54) is 84.3 Å². The van der Waals surface area contributed by atoms with E-state index in [2.05, 4.69) is 132 Å². The van der Waals surface area contributed by atoms with Crippen LogP contribution in [0.5, 0.6) is 0 Å². The minimum absolute atomic E-state index is 1.29. The van der Waals surface area contributed by atoms with Gasteiger partial charge >= 0.3 is 265 Å². The second-order valence-corrected chi connectivity index (χ2v) is 20.1. The Kier molecular flexibility index (Phi) is 10.3. The van der Waals surface area contributed by atoms with Gasteiger partial charge in [-0.25, -0.2) is 0 Å². The first-order valence-electron chi connectivity index (χ1n) is 14.8. The van der Waals surface area contributed by atoms with Gasteiger partial charge in [-0.15, -0.1) is 0 Å². The van der Waals surface area contributed by atoms with Crippen molar-refractivity contribution in [2.24, 2.45) is 0 Å². The zero-order valence-electron chi connectivity index (χ0n) is 27.9. The summed E-state index contributed by atoms with van der Waals surface area (Å²) in [5.41, 5.74) is 15.6. The van der Waals surface area contributed by atoms with E-state index in [0.29, 0.717) is 0 Å². The number of rotatable bonds is 8. The van der Waals surface area contributed by atoms with Gasteiger partial charge in [-0.1, -0.05) is 0 Å². The van der Waals surface area contributed by atoms with E-state index in [9.17, 15) is 0 Å². The van der Waals surface area contributed by atoms with Crippen LogP contribution in [-0.2, 0) is 7.73 Å². The first kappa shape index (κ1) is 32.8. The monoisotopic (exact) mass is 685 g/mol. The van der Waals surface area contributed by atoms with Gasteiger partial charge in [0, 0.05) is 0 Å². The molecule has 4 rings (SSSR count). The minimum atomic E-state index is -2.57. The van der Waals surface area contributed by atoms with E-state index in [0.717, 1.165) is 0 Å². The molecule has 0 saturated heterocycles. The molecule has 0 bridgehead atoms. The summed E-state index contributed by atoms with van der Waals surface area (Å²) < 4.78 is 19.7. The first-order valence-corrected chi connectivity index (χ1v) is 20.7. The predicted octanol–water partition coefficient (Wildman–Crippen LogP) is 6.09. The molecule has 0 spiro atoms. The van der Waals surface area contributed by atoms with Crippen molar-refractivity contribution in [1.82, 2.24) is 5.23 Å². The zero-order valence-corrected chi connectivity index (χ0v) is 32.1. The summed E-state index contributed by atoms with van der Waals surface area (Å²) in [4.78, 5) is 0. The molecule has 42 heavy (non-hydrogen) atoms. The standard InChI is InChI=1S/C37H47Ge2NO2/c1-22-14-26(5)34(27(6)15-22)38(35-28(7)16-23(2)17-29(35)8)41-40(13)42-39(36-30(9)18-24(3)19-31(36)10)37-32(11)20-25(4)21-33(37)12/h14-21H,1-13H3. The fourth-order valence-electron chi connectivity index (χ4n) is 6.86. The van der Waals surface area contributed by atoms with Gasteiger partial charge in [-0.05, 0) is 0 Å². The Balaban J connectivity index is 1.86. The molecule has 0 N–H and O–H groups in total. The molecule has 0 saturated carbocycles. The van der Waals surface area contributed by atoms with Gasteiger partial charge in [0.2, 0.25) is 0 Å². The Morgan fingerprint density at radius 2 is 0.524 bits per heavy atom. The number of nitrogens with zero attached hydrogens (tertiary/aromatic N) is 1. The van der Waals surface area contributed by atoms with Crippen molar-refractivity contribution in [2.75, 3.05) is 7.05 Å². The Labute approximate surface area is 264 Å². The van der Waals surface area contributed by atoms with Gasteiger partial charge in [-0.3, -0.25) is 0 Å². The quantitative estimate of drug-likeness (QED) is 0.166. The predicted molar refractivity (Wildman–Crippen MR) is 183 cm³/mol. The normalized spacial score (nSPS) is 11.8. The number of hydroxylamine groups is 2. The molecular formula is C37H47Ge2NO2. The molecule has 2 radical (unpaired) electrons. The molecule has 0 aliphatic carbocycles. The maximum absolute atomic E-state index is 7.13. The van der Waals surface area contributed by atoms with E-state index in [4.69, 9.17) is 7.73 Å². The third-order valence-corrected chi connectivity index (χ3v) is 20.3. The number of hydrogen-bond donors (Lipinski definition) is 0. The van der Waals surface area contributed by atoms with Crippen LogP contribution in [0.4, 0.5) is 0 Å². The van der Waals surface area contributed by atoms with Crippen molar-refractivity contribution in [3.05, 3.63) is 115 Å². The summed E-state index contributed by atoms with van der Waals surface area (Å²) in [6.45, 7) is 26.6. The summed E-state index contributed by atoms with van der Waals surface area (Å²) in [6.07, 6.45) is 0. The second-order valence-electron chi connectivity index (χ2n) is 12.4. The molecule has 4 aromatic rings. The third kappa shape index (κ3) is 6.97. The average molecular weight is 683 g/mol. The van der Waals surface area contributed by atoms with E-state index in [-0.39, 0.29) is 0 Å². The second kappa shape index (κ2) is 13.2. The Bertz CT molecular complexity index is 1310. The van der Waals surface area contributed by atoms with Gasteiger partial charge in [0.15, 0.2) is 0 Å². The molecule has 5 heteroatoms. The SMILES string of the molecule is Cc1cc(C)[c]([Ge]([O]N(C)[O][Ge]([c]2c(C)cc(C)cc2C)[c]2c(C)cc(C)cc2C)[c]2c(C)cc(C)cc2C)c(C)c1. The van der Waals surface area contributed by atoms with Crippen LogP contribution in [0.1, 0.15) is 66.8 Å². The molecule has 0 fully saturated rings. The van der Waals surface area contributed by atoms with E-state index >= 15 is 0 Å². The Hall–Kier alpha value is -2.15. The molecule has 0 aliphatic rings. The summed E-state index contributed by atoms with van der Waals surface area (Å²) >= 11 is -5.14. The van der Waals surface area contributed by atoms with Gasteiger partial charge < -0.3 is 0 Å². The van der Waals surface area contributed by atoms with Crippen LogP contribution in [0.15, 0.2) is 48.5 Å². The molecule has 0 heterocycles. The van der Waals surface area contributed by atoms with Crippen LogP contribution in [0.25, 0.3) is 0 Å². The van der Waals surface area contributed by atoms with Crippen molar-refractivity contribution in [1.29, 1.82) is 0 Å². The molecule has 0 aromatic heterocycles. The van der Waals surface area contributed by atoms with Crippen molar-refractivity contribution in [3.8, 4) is 0 Å². The van der Waals surface area contributed by atoms with Crippen LogP contribution in [-0.4, -0.2) is 41.6 Å². The van der Waals surface area contributed by atoms with Crippen LogP contribution >= 0.6 is 0 Å². The zero-order chi connectivity index (χ0) is 31.0. The molecule has 220 valence electrons. The average Bonchev–Trinajstić information content (AvgIpc) is 2.81. The number of aryl methyl sites for hydroxylation is 12. The third-order valence-electron chi connectivity index (χ3n) is 8.06. The topological polar surface area (TPSA) is 21.7 Å². The van der Waals surface area contributed by atoms with E-state index in [1.807, 2.05) is 7.05 Å². The molecule has 0 aliphatic heterocycles. The van der Waals surface area contributed by atoms with Crippen LogP contribution in [0.2, 0.25) is 0 Å². The summed E-state index contributed by atoms with van der Waals surface area (Å²) in [5.74, 6) is 0. The molecule has 4 aromatic carbocycles. The van der Waals surface area contributed by atoms with Crippen LogP contribution in [0, 0.1) is 83.1 Å². The summed E-state index contributed by atoms with van der Waals surface area (Å²) in [6, 6.07) is 18.4. The Morgan fingerprint density at radius 1 is 0.357 bits per heavy atom. The summed E-state index contributed by atoms with van der Waals surface area (Å²) in [7, 11) is 1.98. The molecule has 0 unspecified atom stereocenters. The van der Waals surface area contributed by atoms with Crippen LogP contribution in [0.3, 0.4) is 0 Å². The van der Waals surface area contributed by atoms with Crippen molar-refractivity contribution in [3.63, 3.8) is 0 Å². The number of hydrogen-bond acceptors (Lipinski definition) is 3.